The molecule has 0 heterocycles. The van der Waals surface area contributed by atoms with Crippen molar-refractivity contribution in [2.75, 3.05) is 6.54 Å². The molecule has 19 heavy (non-hydrogen) atoms. The Morgan fingerprint density at radius 1 is 1.53 bits per heavy atom. The maximum absolute atomic E-state index is 12.2. The third-order valence-corrected chi connectivity index (χ3v) is 4.53. The second-order valence-electron chi connectivity index (χ2n) is 5.72. The van der Waals surface area contributed by atoms with Crippen LogP contribution in [0.15, 0.2) is 24.3 Å². The number of carbonyl (C=O) groups is 1. The fraction of sp³-hybridized carbons (Fsp3) is 0.533. The van der Waals surface area contributed by atoms with E-state index in [9.17, 15) is 4.79 Å². The first-order valence-electron chi connectivity index (χ1n) is 6.76. The standard InChI is InChI=1S/C15H20N2O.ClH/c1-10(9-16)17-14(18)13-8-15(13)7-6-11-4-2-3-5-12(11)15;/h2-5,10,13H,6-9,16H2,1H3,(H,17,18);1H/t10-,13?,15?;/m0./s1. The number of nitrogens with one attached hydrogen (secondary N) is 1. The van der Waals surface area contributed by atoms with Gasteiger partial charge in [0.25, 0.3) is 0 Å². The molecule has 0 radical (unpaired) electrons. The van der Waals surface area contributed by atoms with E-state index in [4.69, 9.17) is 5.73 Å². The average Bonchev–Trinajstić information content (AvgIpc) is 3.00. The molecule has 1 aromatic carbocycles. The molecule has 0 aromatic heterocycles. The summed E-state index contributed by atoms with van der Waals surface area (Å²) in [5, 5.41) is 3.01. The summed E-state index contributed by atoms with van der Waals surface area (Å²) in [5.41, 5.74) is 8.53. The SMILES string of the molecule is C[C@@H](CN)NC(=O)C1CC12CCc1ccccc12.Cl. The summed E-state index contributed by atoms with van der Waals surface area (Å²) in [6.45, 7) is 2.46. The summed E-state index contributed by atoms with van der Waals surface area (Å²) in [7, 11) is 0. The molecule has 3 atom stereocenters. The zero-order valence-electron chi connectivity index (χ0n) is 11.2. The van der Waals surface area contributed by atoms with Gasteiger partial charge in [-0.15, -0.1) is 12.4 Å². The predicted molar refractivity (Wildman–Crippen MR) is 78.5 cm³/mol. The largest absolute Gasteiger partial charge is 0.352 e. The van der Waals surface area contributed by atoms with Crippen LogP contribution in [0.4, 0.5) is 0 Å². The highest BCUT2D eigenvalue weighted by Crippen LogP contribution is 2.61. The van der Waals surface area contributed by atoms with Crippen molar-refractivity contribution < 1.29 is 4.79 Å². The van der Waals surface area contributed by atoms with Crippen molar-refractivity contribution in [1.29, 1.82) is 0 Å². The van der Waals surface area contributed by atoms with Crippen LogP contribution in [0, 0.1) is 5.92 Å². The minimum absolute atomic E-state index is 0. The number of aryl methyl sites for hydroxylation is 1. The summed E-state index contributed by atoms with van der Waals surface area (Å²) in [5.74, 6) is 0.347. The molecule has 0 aliphatic heterocycles. The van der Waals surface area contributed by atoms with Gasteiger partial charge in [-0.3, -0.25) is 4.79 Å². The van der Waals surface area contributed by atoms with Gasteiger partial charge < -0.3 is 11.1 Å². The number of hydrogen-bond acceptors (Lipinski definition) is 2. The maximum atomic E-state index is 12.2. The van der Waals surface area contributed by atoms with E-state index in [1.807, 2.05) is 6.92 Å². The Labute approximate surface area is 120 Å². The molecule has 1 fully saturated rings. The number of rotatable bonds is 3. The second-order valence-corrected chi connectivity index (χ2v) is 5.72. The molecule has 1 aromatic rings. The minimum atomic E-state index is 0. The minimum Gasteiger partial charge on any atom is -0.352 e. The van der Waals surface area contributed by atoms with Gasteiger partial charge in [-0.1, -0.05) is 24.3 Å². The van der Waals surface area contributed by atoms with E-state index in [1.165, 1.54) is 11.1 Å². The van der Waals surface area contributed by atoms with Gasteiger partial charge in [0.1, 0.15) is 0 Å². The van der Waals surface area contributed by atoms with E-state index in [0.29, 0.717) is 6.54 Å². The number of amides is 1. The van der Waals surface area contributed by atoms with Crippen LogP contribution in [0.2, 0.25) is 0 Å². The van der Waals surface area contributed by atoms with Crippen molar-refractivity contribution in [2.45, 2.75) is 37.6 Å². The molecule has 2 unspecified atom stereocenters. The number of hydrogen-bond donors (Lipinski definition) is 2. The molecule has 2 aliphatic carbocycles. The number of halogens is 1. The fourth-order valence-electron chi connectivity index (χ4n) is 3.34. The van der Waals surface area contributed by atoms with E-state index < -0.39 is 0 Å². The molecular formula is C15H21ClN2O. The van der Waals surface area contributed by atoms with Crippen molar-refractivity contribution in [3.8, 4) is 0 Å². The number of nitrogens with two attached hydrogens (primary N) is 1. The third kappa shape index (κ3) is 2.26. The lowest BCUT2D eigenvalue weighted by molar-refractivity contribution is -0.123. The fourth-order valence-corrected chi connectivity index (χ4v) is 3.34. The van der Waals surface area contributed by atoms with Gasteiger partial charge in [-0.25, -0.2) is 0 Å². The van der Waals surface area contributed by atoms with Gasteiger partial charge in [0.15, 0.2) is 0 Å². The second kappa shape index (κ2) is 5.14. The number of fused-ring (bicyclic) bond motifs is 2. The molecule has 3 rings (SSSR count). The van der Waals surface area contributed by atoms with Crippen LogP contribution >= 0.6 is 12.4 Å². The first-order chi connectivity index (χ1) is 8.67. The van der Waals surface area contributed by atoms with E-state index in [2.05, 4.69) is 29.6 Å². The first-order valence-corrected chi connectivity index (χ1v) is 6.76. The molecule has 3 N–H and O–H groups in total. The predicted octanol–water partition coefficient (Wildman–Crippen LogP) is 1.78. The molecule has 1 spiro atoms. The summed E-state index contributed by atoms with van der Waals surface area (Å²) in [6, 6.07) is 8.64. The van der Waals surface area contributed by atoms with Crippen LogP contribution in [0.5, 0.6) is 0 Å². The molecular weight excluding hydrogens is 260 g/mol. The van der Waals surface area contributed by atoms with E-state index in [0.717, 1.165) is 19.3 Å². The topological polar surface area (TPSA) is 55.1 Å². The van der Waals surface area contributed by atoms with E-state index >= 15 is 0 Å². The monoisotopic (exact) mass is 280 g/mol. The third-order valence-electron chi connectivity index (χ3n) is 4.53. The van der Waals surface area contributed by atoms with Gasteiger partial charge in [-0.2, -0.15) is 0 Å². The zero-order valence-corrected chi connectivity index (χ0v) is 12.0. The van der Waals surface area contributed by atoms with Gasteiger partial charge in [0, 0.05) is 23.9 Å². The van der Waals surface area contributed by atoms with Crippen LogP contribution in [-0.4, -0.2) is 18.5 Å². The molecule has 0 saturated heterocycles. The summed E-state index contributed by atoms with van der Waals surface area (Å²) < 4.78 is 0. The molecule has 3 nitrogen and oxygen atoms in total. The molecule has 1 saturated carbocycles. The Balaban J connectivity index is 0.00000133. The maximum Gasteiger partial charge on any atom is 0.224 e. The molecule has 4 heteroatoms. The quantitative estimate of drug-likeness (QED) is 0.887. The highest BCUT2D eigenvalue weighted by molar-refractivity contribution is 5.85. The normalized spacial score (nSPS) is 28.4. The Kier molecular flexibility index (Phi) is 3.88. The van der Waals surface area contributed by atoms with Gasteiger partial charge >= 0.3 is 0 Å². The zero-order chi connectivity index (χ0) is 12.8. The molecule has 104 valence electrons. The smallest absolute Gasteiger partial charge is 0.224 e. The van der Waals surface area contributed by atoms with Gasteiger partial charge in [0.2, 0.25) is 5.91 Å². The van der Waals surface area contributed by atoms with Crippen molar-refractivity contribution in [2.24, 2.45) is 11.7 Å². The van der Waals surface area contributed by atoms with Crippen molar-refractivity contribution in [3.63, 3.8) is 0 Å². The first kappa shape index (κ1) is 14.4. The summed E-state index contributed by atoms with van der Waals surface area (Å²) in [4.78, 5) is 12.2. The average molecular weight is 281 g/mol. The molecule has 1 amide bonds. The molecule has 2 aliphatic rings. The van der Waals surface area contributed by atoms with Crippen LogP contribution in [0.25, 0.3) is 0 Å². The highest BCUT2D eigenvalue weighted by atomic mass is 35.5. The van der Waals surface area contributed by atoms with Gasteiger partial charge in [-0.05, 0) is 37.3 Å². The van der Waals surface area contributed by atoms with Crippen molar-refractivity contribution in [1.82, 2.24) is 5.32 Å². The molecule has 0 bridgehead atoms. The van der Waals surface area contributed by atoms with Crippen LogP contribution < -0.4 is 11.1 Å². The summed E-state index contributed by atoms with van der Waals surface area (Å²) in [6.07, 6.45) is 3.25. The Hall–Kier alpha value is -1.06. The van der Waals surface area contributed by atoms with Crippen LogP contribution in [-0.2, 0) is 16.6 Å². The van der Waals surface area contributed by atoms with Crippen LogP contribution in [0.3, 0.4) is 0 Å². The lowest BCUT2D eigenvalue weighted by atomic mass is 9.95. The number of carbonyl (C=O) groups excluding carboxylic acids is 1. The Morgan fingerprint density at radius 3 is 3.00 bits per heavy atom. The Bertz CT molecular complexity index is 491. The van der Waals surface area contributed by atoms with E-state index in [1.54, 1.807) is 0 Å². The van der Waals surface area contributed by atoms with E-state index in [-0.39, 0.29) is 35.7 Å². The van der Waals surface area contributed by atoms with Crippen molar-refractivity contribution >= 4 is 18.3 Å². The lowest BCUT2D eigenvalue weighted by Crippen LogP contribution is -2.39. The summed E-state index contributed by atoms with van der Waals surface area (Å²) >= 11 is 0. The van der Waals surface area contributed by atoms with Crippen LogP contribution in [0.1, 0.15) is 30.9 Å². The van der Waals surface area contributed by atoms with Gasteiger partial charge in [0.05, 0.1) is 0 Å². The Morgan fingerprint density at radius 2 is 2.26 bits per heavy atom. The highest BCUT2D eigenvalue weighted by Gasteiger charge is 2.61. The lowest BCUT2D eigenvalue weighted by Gasteiger charge is -2.14. The van der Waals surface area contributed by atoms with Crippen molar-refractivity contribution in [3.05, 3.63) is 35.4 Å². The number of benzene rings is 1.